The maximum Gasteiger partial charge on any atom is 0.257 e. The molecule has 0 spiro atoms. The third kappa shape index (κ3) is 4.63. The predicted molar refractivity (Wildman–Crippen MR) is 100 cm³/mol. The molecule has 0 aliphatic heterocycles. The molecule has 0 saturated heterocycles. The van der Waals surface area contributed by atoms with Crippen LogP contribution in [0.25, 0.3) is 0 Å². The first-order chi connectivity index (χ1) is 11.0. The van der Waals surface area contributed by atoms with Crippen LogP contribution in [0.15, 0.2) is 48.5 Å². The molecule has 0 bridgehead atoms. The Morgan fingerprint density at radius 1 is 1.13 bits per heavy atom. The molecule has 120 valence electrons. The molecule has 0 saturated carbocycles. The minimum Gasteiger partial charge on any atom is -0.332 e. The van der Waals surface area contributed by atoms with Crippen molar-refractivity contribution in [2.45, 2.75) is 33.1 Å². The molecule has 4 heteroatoms. The Kier molecular flexibility index (Phi) is 5.88. The average Bonchev–Trinajstić information content (AvgIpc) is 2.55. The first-order valence-corrected chi connectivity index (χ1v) is 8.20. The van der Waals surface area contributed by atoms with E-state index in [0.29, 0.717) is 16.6 Å². The van der Waals surface area contributed by atoms with Gasteiger partial charge in [-0.15, -0.1) is 0 Å². The normalized spacial score (nSPS) is 11.6. The van der Waals surface area contributed by atoms with Crippen molar-refractivity contribution >= 4 is 28.9 Å². The lowest BCUT2D eigenvalue weighted by molar-refractivity contribution is 0.0977. The lowest BCUT2D eigenvalue weighted by Crippen LogP contribution is -2.34. The number of carbonyl (C=O) groups excluding carboxylic acids is 1. The summed E-state index contributed by atoms with van der Waals surface area (Å²) in [6.45, 7) is 6.28. The number of benzene rings is 2. The third-order valence-electron chi connectivity index (χ3n) is 3.97. The van der Waals surface area contributed by atoms with Crippen LogP contribution in [-0.2, 0) is 0 Å². The molecule has 3 nitrogen and oxygen atoms in total. The molecule has 1 atom stereocenters. The molecule has 1 amide bonds. The van der Waals surface area contributed by atoms with Crippen molar-refractivity contribution in [3.63, 3.8) is 0 Å². The Bertz CT molecular complexity index is 695. The van der Waals surface area contributed by atoms with Gasteiger partial charge in [0.05, 0.1) is 0 Å². The van der Waals surface area contributed by atoms with Crippen LogP contribution in [-0.4, -0.2) is 11.0 Å². The second-order valence-corrected chi connectivity index (χ2v) is 6.06. The number of nitrogens with one attached hydrogen (secondary N) is 2. The molecule has 0 radical (unpaired) electrons. The van der Waals surface area contributed by atoms with Crippen molar-refractivity contribution in [1.82, 2.24) is 5.32 Å². The van der Waals surface area contributed by atoms with E-state index in [-0.39, 0.29) is 5.91 Å². The number of aryl methyl sites for hydroxylation is 1. The van der Waals surface area contributed by atoms with E-state index < -0.39 is 0 Å². The zero-order valence-corrected chi connectivity index (χ0v) is 14.5. The number of rotatable bonds is 4. The largest absolute Gasteiger partial charge is 0.332 e. The highest BCUT2D eigenvalue weighted by Gasteiger charge is 2.10. The molecule has 0 heterocycles. The highest BCUT2D eigenvalue weighted by Crippen LogP contribution is 2.20. The summed E-state index contributed by atoms with van der Waals surface area (Å²) in [6.07, 6.45) is 1.11. The molecule has 2 rings (SSSR count). The Labute approximate surface area is 143 Å². The minimum atomic E-state index is -0.197. The first kappa shape index (κ1) is 17.2. The maximum atomic E-state index is 12.2. The smallest absolute Gasteiger partial charge is 0.257 e. The Morgan fingerprint density at radius 3 is 2.39 bits per heavy atom. The number of carbonyl (C=O) groups is 1. The van der Waals surface area contributed by atoms with E-state index in [1.165, 1.54) is 5.56 Å². The van der Waals surface area contributed by atoms with Gasteiger partial charge in [-0.25, -0.2) is 0 Å². The lowest BCUT2D eigenvalue weighted by Gasteiger charge is -2.13. The van der Waals surface area contributed by atoms with Gasteiger partial charge in [0.25, 0.3) is 5.91 Å². The van der Waals surface area contributed by atoms with Crippen LogP contribution in [0.2, 0.25) is 0 Å². The predicted octanol–water partition coefficient (Wildman–Crippen LogP) is 4.64. The Hall–Kier alpha value is -2.20. The highest BCUT2D eigenvalue weighted by atomic mass is 32.1. The third-order valence-corrected chi connectivity index (χ3v) is 4.17. The SMILES string of the molecule is CC[C@@H](C)c1ccc(NC(=S)NC(=O)c2ccccc2C)cc1. The number of hydrogen-bond acceptors (Lipinski definition) is 2. The van der Waals surface area contributed by atoms with Crippen LogP contribution in [0.4, 0.5) is 5.69 Å². The lowest BCUT2D eigenvalue weighted by atomic mass is 9.99. The van der Waals surface area contributed by atoms with E-state index in [1.807, 2.05) is 37.3 Å². The number of anilines is 1. The van der Waals surface area contributed by atoms with Crippen molar-refractivity contribution < 1.29 is 4.79 Å². The molecule has 0 unspecified atom stereocenters. The van der Waals surface area contributed by atoms with Gasteiger partial charge in [-0.05, 0) is 60.8 Å². The Balaban J connectivity index is 1.97. The molecule has 2 N–H and O–H groups in total. The number of hydrogen-bond donors (Lipinski definition) is 2. The van der Waals surface area contributed by atoms with Crippen molar-refractivity contribution in [1.29, 1.82) is 0 Å². The van der Waals surface area contributed by atoms with Crippen LogP contribution < -0.4 is 10.6 Å². The zero-order chi connectivity index (χ0) is 16.8. The van der Waals surface area contributed by atoms with Gasteiger partial charge in [0, 0.05) is 11.3 Å². The molecule has 23 heavy (non-hydrogen) atoms. The van der Waals surface area contributed by atoms with E-state index in [9.17, 15) is 4.79 Å². The van der Waals surface area contributed by atoms with Crippen LogP contribution in [0.1, 0.15) is 47.7 Å². The van der Waals surface area contributed by atoms with Crippen molar-refractivity contribution in [3.05, 3.63) is 65.2 Å². The topological polar surface area (TPSA) is 41.1 Å². The summed E-state index contributed by atoms with van der Waals surface area (Å²) in [5.41, 5.74) is 3.72. The summed E-state index contributed by atoms with van der Waals surface area (Å²) in [6, 6.07) is 15.6. The van der Waals surface area contributed by atoms with Gasteiger partial charge in [0.15, 0.2) is 5.11 Å². The summed E-state index contributed by atoms with van der Waals surface area (Å²) in [5, 5.41) is 6.06. The number of thiocarbonyl (C=S) groups is 1. The van der Waals surface area contributed by atoms with Gasteiger partial charge in [0.1, 0.15) is 0 Å². The van der Waals surface area contributed by atoms with E-state index in [0.717, 1.165) is 17.7 Å². The Morgan fingerprint density at radius 2 is 1.78 bits per heavy atom. The van der Waals surface area contributed by atoms with Gasteiger partial charge in [0.2, 0.25) is 0 Å². The van der Waals surface area contributed by atoms with Gasteiger partial charge >= 0.3 is 0 Å². The van der Waals surface area contributed by atoms with Gasteiger partial charge in [-0.1, -0.05) is 44.2 Å². The fraction of sp³-hybridized carbons (Fsp3) is 0.263. The van der Waals surface area contributed by atoms with Crippen LogP contribution in [0, 0.1) is 6.92 Å². The highest BCUT2D eigenvalue weighted by molar-refractivity contribution is 7.80. The minimum absolute atomic E-state index is 0.197. The van der Waals surface area contributed by atoms with E-state index in [4.69, 9.17) is 12.2 Å². The summed E-state index contributed by atoms with van der Waals surface area (Å²) >= 11 is 5.22. The summed E-state index contributed by atoms with van der Waals surface area (Å²) in [7, 11) is 0. The molecular formula is C19H22N2OS. The molecule has 2 aromatic carbocycles. The molecule has 0 aromatic heterocycles. The van der Waals surface area contributed by atoms with E-state index in [1.54, 1.807) is 6.07 Å². The zero-order valence-electron chi connectivity index (χ0n) is 13.7. The second kappa shape index (κ2) is 7.88. The van der Waals surface area contributed by atoms with Crippen LogP contribution in [0.5, 0.6) is 0 Å². The molecule has 2 aromatic rings. The molecule has 0 aliphatic carbocycles. The van der Waals surface area contributed by atoms with Crippen LogP contribution in [0.3, 0.4) is 0 Å². The quantitative estimate of drug-likeness (QED) is 0.805. The van der Waals surface area contributed by atoms with Crippen molar-refractivity contribution in [2.75, 3.05) is 5.32 Å². The van der Waals surface area contributed by atoms with E-state index >= 15 is 0 Å². The average molecular weight is 326 g/mol. The molecule has 0 fully saturated rings. The number of amides is 1. The van der Waals surface area contributed by atoms with Crippen molar-refractivity contribution in [3.8, 4) is 0 Å². The second-order valence-electron chi connectivity index (χ2n) is 5.65. The summed E-state index contributed by atoms with van der Waals surface area (Å²) in [5.74, 6) is 0.341. The molecule has 0 aliphatic rings. The fourth-order valence-corrected chi connectivity index (χ4v) is 2.50. The van der Waals surface area contributed by atoms with Gasteiger partial charge in [-0.2, -0.15) is 0 Å². The summed E-state index contributed by atoms with van der Waals surface area (Å²) in [4.78, 5) is 12.2. The fourth-order valence-electron chi connectivity index (χ4n) is 2.29. The first-order valence-electron chi connectivity index (χ1n) is 7.79. The summed E-state index contributed by atoms with van der Waals surface area (Å²) < 4.78 is 0. The van der Waals surface area contributed by atoms with Crippen LogP contribution >= 0.6 is 12.2 Å². The molecular weight excluding hydrogens is 304 g/mol. The standard InChI is InChI=1S/C19H22N2OS/c1-4-13(2)15-9-11-16(12-10-15)20-19(23)21-18(22)17-8-6-5-7-14(17)3/h5-13H,4H2,1-3H3,(H2,20,21,22,23)/t13-/m1/s1. The van der Waals surface area contributed by atoms with Gasteiger partial charge in [-0.3, -0.25) is 10.1 Å². The van der Waals surface area contributed by atoms with Crippen molar-refractivity contribution in [2.24, 2.45) is 0 Å². The van der Waals surface area contributed by atoms with Gasteiger partial charge < -0.3 is 5.32 Å². The maximum absolute atomic E-state index is 12.2. The van der Waals surface area contributed by atoms with E-state index in [2.05, 4.69) is 36.6 Å². The monoisotopic (exact) mass is 326 g/mol.